The first-order valence-corrected chi connectivity index (χ1v) is 8.27. The zero-order valence-electron chi connectivity index (χ0n) is 14.0. The highest BCUT2D eigenvalue weighted by atomic mass is 19.1. The summed E-state index contributed by atoms with van der Waals surface area (Å²) in [7, 11) is 0. The molecule has 0 amide bonds. The molecule has 0 unspecified atom stereocenters. The number of fused-ring (bicyclic) bond motifs is 8. The van der Waals surface area contributed by atoms with Crippen LogP contribution in [0.15, 0.2) is 36.4 Å². The van der Waals surface area contributed by atoms with Crippen molar-refractivity contribution in [2.75, 3.05) is 0 Å². The molecular weight excluding hydrogens is 372 g/mol. The molecule has 4 nitrogen and oxygen atoms in total. The van der Waals surface area contributed by atoms with Crippen LogP contribution >= 0.6 is 0 Å². The largest absolute Gasteiger partial charge is 0.353 e. The molecule has 3 aromatic heterocycles. The van der Waals surface area contributed by atoms with Crippen molar-refractivity contribution in [3.05, 3.63) is 70.8 Å². The van der Waals surface area contributed by atoms with Gasteiger partial charge in [-0.25, -0.2) is 27.5 Å². The molecular formula is C20H10F4N4. The van der Waals surface area contributed by atoms with Crippen LogP contribution in [0.5, 0.6) is 0 Å². The Kier molecular flexibility index (Phi) is 3.48. The van der Waals surface area contributed by atoms with Gasteiger partial charge in [0.15, 0.2) is 11.7 Å². The predicted molar refractivity (Wildman–Crippen MR) is 98.9 cm³/mol. The molecule has 0 radical (unpaired) electrons. The van der Waals surface area contributed by atoms with Crippen molar-refractivity contribution < 1.29 is 17.6 Å². The highest BCUT2D eigenvalue weighted by molar-refractivity contribution is 5.82. The Morgan fingerprint density at radius 3 is 1.43 bits per heavy atom. The average molecular weight is 382 g/mol. The Balaban J connectivity index is 1.91. The molecule has 2 N–H and O–H groups in total. The Labute approximate surface area is 154 Å². The van der Waals surface area contributed by atoms with Gasteiger partial charge in [0.1, 0.15) is 23.0 Å². The third-order valence-corrected chi connectivity index (χ3v) is 4.34. The summed E-state index contributed by atoms with van der Waals surface area (Å²) in [4.78, 5) is 13.7. The van der Waals surface area contributed by atoms with Crippen LogP contribution in [-0.4, -0.2) is 19.9 Å². The fourth-order valence-corrected chi connectivity index (χ4v) is 3.09. The van der Waals surface area contributed by atoms with Gasteiger partial charge < -0.3 is 9.97 Å². The van der Waals surface area contributed by atoms with Crippen LogP contribution in [0.25, 0.3) is 45.9 Å². The maximum atomic E-state index is 14.2. The molecule has 5 rings (SSSR count). The number of hydrogen-bond donors (Lipinski definition) is 2. The van der Waals surface area contributed by atoms with Crippen molar-refractivity contribution >= 4 is 45.9 Å². The number of aromatic amines is 2. The summed E-state index contributed by atoms with van der Waals surface area (Å²) in [5, 5.41) is 0. The van der Waals surface area contributed by atoms with E-state index >= 15 is 0 Å². The van der Waals surface area contributed by atoms with E-state index in [-0.39, 0.29) is 44.8 Å². The van der Waals surface area contributed by atoms with Crippen molar-refractivity contribution in [1.29, 1.82) is 0 Å². The second kappa shape index (κ2) is 5.91. The van der Waals surface area contributed by atoms with Crippen LogP contribution in [0.4, 0.5) is 17.6 Å². The lowest BCUT2D eigenvalue weighted by molar-refractivity contribution is 0.641. The van der Waals surface area contributed by atoms with Gasteiger partial charge in [0, 0.05) is 23.2 Å². The van der Waals surface area contributed by atoms with Gasteiger partial charge in [-0.1, -0.05) is 0 Å². The van der Waals surface area contributed by atoms with E-state index in [2.05, 4.69) is 19.9 Å². The van der Waals surface area contributed by atoms with Gasteiger partial charge in [-0.15, -0.1) is 0 Å². The van der Waals surface area contributed by atoms with E-state index in [0.717, 1.165) is 12.2 Å². The molecule has 5 heterocycles. The summed E-state index contributed by atoms with van der Waals surface area (Å²) in [5.41, 5.74) is 0.986. The lowest BCUT2D eigenvalue weighted by atomic mass is 10.3. The topological polar surface area (TPSA) is 57.4 Å². The third kappa shape index (κ3) is 2.79. The zero-order chi connectivity index (χ0) is 19.4. The first kappa shape index (κ1) is 16.5. The summed E-state index contributed by atoms with van der Waals surface area (Å²) >= 11 is 0. The Hall–Kier alpha value is -3.68. The number of nitrogens with zero attached hydrogens (tertiary/aromatic N) is 2. The fourth-order valence-electron chi connectivity index (χ4n) is 3.09. The highest BCUT2D eigenvalue weighted by Gasteiger charge is 2.13. The number of halogens is 4. The highest BCUT2D eigenvalue weighted by Crippen LogP contribution is 2.26. The first-order valence-electron chi connectivity index (χ1n) is 8.27. The second-order valence-corrected chi connectivity index (χ2v) is 6.38. The summed E-state index contributed by atoms with van der Waals surface area (Å²) in [6, 6.07) is 7.65. The molecule has 2 aliphatic heterocycles. The number of H-pyrrole nitrogens is 2. The fraction of sp³-hybridized carbons (Fsp3) is 0. The minimum absolute atomic E-state index is 0.0235. The lowest BCUT2D eigenvalue weighted by Gasteiger charge is -1.86. The van der Waals surface area contributed by atoms with E-state index in [4.69, 9.17) is 0 Å². The van der Waals surface area contributed by atoms with E-state index in [1.807, 2.05) is 0 Å². The minimum Gasteiger partial charge on any atom is -0.353 e. The minimum atomic E-state index is -0.626. The third-order valence-electron chi connectivity index (χ3n) is 4.34. The van der Waals surface area contributed by atoms with Crippen molar-refractivity contribution in [2.45, 2.75) is 0 Å². The monoisotopic (exact) mass is 382 g/mol. The van der Waals surface area contributed by atoms with E-state index in [1.165, 1.54) is 36.4 Å². The molecule has 2 aliphatic rings. The molecule has 0 fully saturated rings. The van der Waals surface area contributed by atoms with Gasteiger partial charge in [-0.05, 0) is 36.4 Å². The van der Waals surface area contributed by atoms with Gasteiger partial charge in [-0.2, -0.15) is 0 Å². The maximum absolute atomic E-state index is 14.2. The van der Waals surface area contributed by atoms with E-state index in [0.29, 0.717) is 0 Å². The number of rotatable bonds is 0. The molecule has 3 aromatic rings. The quantitative estimate of drug-likeness (QED) is 0.503. The van der Waals surface area contributed by atoms with E-state index in [9.17, 15) is 17.6 Å². The molecule has 0 spiro atoms. The standard InChI is InChI=1S/C20H10F4N4/c21-13-1-9-5-18-14(22)3-11(26-18)7-20-16(24)4-12(28-20)8-19-15(23)2-10(27-19)6-17(13)25-9/h1-8,25,28H. The molecule has 0 aromatic carbocycles. The molecule has 28 heavy (non-hydrogen) atoms. The molecule has 0 atom stereocenters. The van der Waals surface area contributed by atoms with Crippen molar-refractivity contribution in [2.24, 2.45) is 0 Å². The van der Waals surface area contributed by atoms with Crippen LogP contribution in [0.1, 0.15) is 22.8 Å². The lowest BCUT2D eigenvalue weighted by Crippen LogP contribution is -1.77. The SMILES string of the molecule is FC1=Cc2cc3[nH]c(cc4nc(cc5[nH]c(cc1n2)cc5F)C=C4F)cc3F. The van der Waals surface area contributed by atoms with Gasteiger partial charge in [0.2, 0.25) is 0 Å². The van der Waals surface area contributed by atoms with Crippen LogP contribution in [-0.2, 0) is 0 Å². The number of aromatic nitrogens is 4. The van der Waals surface area contributed by atoms with Crippen molar-refractivity contribution in [3.63, 3.8) is 0 Å². The molecule has 138 valence electrons. The van der Waals surface area contributed by atoms with E-state index < -0.39 is 23.3 Å². The first-order chi connectivity index (χ1) is 13.4. The van der Waals surface area contributed by atoms with Crippen molar-refractivity contribution in [1.82, 2.24) is 19.9 Å². The van der Waals surface area contributed by atoms with Gasteiger partial charge in [0.05, 0.1) is 22.4 Å². The smallest absolute Gasteiger partial charge is 0.151 e. The van der Waals surface area contributed by atoms with Gasteiger partial charge in [0.25, 0.3) is 0 Å². The molecule has 8 heteroatoms. The van der Waals surface area contributed by atoms with Crippen LogP contribution < -0.4 is 0 Å². The summed E-state index contributed by atoms with van der Waals surface area (Å²) in [6.45, 7) is 0. The predicted octanol–water partition coefficient (Wildman–Crippen LogP) is 5.53. The zero-order valence-corrected chi connectivity index (χ0v) is 14.0. The number of hydrogen-bond acceptors (Lipinski definition) is 2. The average Bonchev–Trinajstić information content (AvgIpc) is 3.33. The molecule has 0 aliphatic carbocycles. The van der Waals surface area contributed by atoms with Crippen LogP contribution in [0, 0.1) is 11.6 Å². The number of nitrogens with one attached hydrogen (secondary N) is 2. The summed E-state index contributed by atoms with van der Waals surface area (Å²) in [5.74, 6) is -2.45. The maximum Gasteiger partial charge on any atom is 0.151 e. The normalized spacial score (nSPS) is 13.4. The molecule has 8 bridgehead atoms. The molecule has 0 saturated carbocycles. The Morgan fingerprint density at radius 2 is 1.00 bits per heavy atom. The molecule has 0 saturated heterocycles. The summed E-state index contributed by atoms with van der Waals surface area (Å²) < 4.78 is 56.8. The van der Waals surface area contributed by atoms with Crippen LogP contribution in [0.3, 0.4) is 0 Å². The van der Waals surface area contributed by atoms with E-state index in [1.54, 1.807) is 0 Å². The Bertz CT molecular complexity index is 1260. The van der Waals surface area contributed by atoms with Crippen molar-refractivity contribution in [3.8, 4) is 0 Å². The van der Waals surface area contributed by atoms with Crippen LogP contribution in [0.2, 0.25) is 0 Å². The summed E-state index contributed by atoms with van der Waals surface area (Å²) in [6.07, 6.45) is 2.29. The Morgan fingerprint density at radius 1 is 0.571 bits per heavy atom. The van der Waals surface area contributed by atoms with Gasteiger partial charge in [-0.3, -0.25) is 0 Å². The van der Waals surface area contributed by atoms with Gasteiger partial charge >= 0.3 is 0 Å². The second-order valence-electron chi connectivity index (χ2n) is 6.38.